The summed E-state index contributed by atoms with van der Waals surface area (Å²) >= 11 is 0. The lowest BCUT2D eigenvalue weighted by molar-refractivity contribution is -0.140. The van der Waals surface area contributed by atoms with E-state index in [1.54, 1.807) is 17.9 Å². The first-order valence-electron chi connectivity index (χ1n) is 12.6. The van der Waals surface area contributed by atoms with E-state index >= 15 is 0 Å². The van der Waals surface area contributed by atoms with Gasteiger partial charge in [-0.2, -0.15) is 0 Å². The van der Waals surface area contributed by atoms with E-state index in [0.29, 0.717) is 25.1 Å². The standard InChI is InChI=1S/C28H41N3O4S/c1-7-22(3)29-28(33)24(5)30(20-18-25-14-9-8-10-15-25)27(32)17-12-19-31(36(6,34)35)26-16-11-13-21(2)23(26)4/h8-11,13-16,22,24H,7,12,17-20H2,1-6H3,(H,29,33)/t22-,24+/m0/s1. The fourth-order valence-corrected chi connectivity index (χ4v) is 5.04. The maximum absolute atomic E-state index is 13.3. The van der Waals surface area contributed by atoms with Crippen LogP contribution in [0.25, 0.3) is 0 Å². The molecule has 2 amide bonds. The molecule has 0 saturated heterocycles. The molecule has 0 spiro atoms. The van der Waals surface area contributed by atoms with Crippen LogP contribution in [0.1, 0.15) is 56.7 Å². The van der Waals surface area contributed by atoms with E-state index in [9.17, 15) is 18.0 Å². The molecule has 0 aliphatic rings. The maximum atomic E-state index is 13.3. The molecule has 0 aliphatic carbocycles. The summed E-state index contributed by atoms with van der Waals surface area (Å²) in [5, 5.41) is 2.97. The molecule has 2 atom stereocenters. The highest BCUT2D eigenvalue weighted by atomic mass is 32.2. The van der Waals surface area contributed by atoms with E-state index in [2.05, 4.69) is 5.32 Å². The smallest absolute Gasteiger partial charge is 0.242 e. The highest BCUT2D eigenvalue weighted by Gasteiger charge is 2.27. The van der Waals surface area contributed by atoms with Crippen molar-refractivity contribution in [3.63, 3.8) is 0 Å². The molecule has 198 valence electrons. The Hall–Kier alpha value is -2.87. The zero-order valence-corrected chi connectivity index (χ0v) is 23.3. The predicted molar refractivity (Wildman–Crippen MR) is 147 cm³/mol. The largest absolute Gasteiger partial charge is 0.352 e. The molecule has 0 saturated carbocycles. The Labute approximate surface area is 216 Å². The molecule has 0 aliphatic heterocycles. The number of nitrogens with one attached hydrogen (secondary N) is 1. The van der Waals surface area contributed by atoms with Gasteiger partial charge in [0.15, 0.2) is 0 Å². The molecule has 1 N–H and O–H groups in total. The van der Waals surface area contributed by atoms with Gasteiger partial charge in [0.2, 0.25) is 21.8 Å². The first kappa shape index (κ1) is 29.4. The van der Waals surface area contributed by atoms with Gasteiger partial charge in [0, 0.05) is 25.6 Å². The Bertz CT molecular complexity index is 1120. The number of hydrogen-bond acceptors (Lipinski definition) is 4. The molecular weight excluding hydrogens is 474 g/mol. The van der Waals surface area contributed by atoms with Crippen molar-refractivity contribution in [2.45, 2.75) is 72.4 Å². The maximum Gasteiger partial charge on any atom is 0.242 e. The van der Waals surface area contributed by atoms with Gasteiger partial charge in [-0.05, 0) is 69.7 Å². The second-order valence-electron chi connectivity index (χ2n) is 9.47. The average Bonchev–Trinajstić information content (AvgIpc) is 2.83. The summed E-state index contributed by atoms with van der Waals surface area (Å²) in [6.45, 7) is 10.1. The van der Waals surface area contributed by atoms with Gasteiger partial charge in [-0.3, -0.25) is 13.9 Å². The lowest BCUT2D eigenvalue weighted by Crippen LogP contribution is -2.50. The minimum absolute atomic E-state index is 0.0203. The van der Waals surface area contributed by atoms with Crippen LogP contribution >= 0.6 is 0 Å². The summed E-state index contributed by atoms with van der Waals surface area (Å²) in [7, 11) is -3.52. The Morgan fingerprint density at radius 3 is 2.25 bits per heavy atom. The SMILES string of the molecule is CC[C@H](C)NC(=O)[C@@H](C)N(CCc1ccccc1)C(=O)CCCN(c1cccc(C)c1C)S(C)(=O)=O. The van der Waals surface area contributed by atoms with Crippen molar-refractivity contribution in [3.8, 4) is 0 Å². The molecule has 8 heteroatoms. The van der Waals surface area contributed by atoms with Crippen LogP contribution in [0.4, 0.5) is 5.69 Å². The number of hydrogen-bond donors (Lipinski definition) is 1. The van der Waals surface area contributed by atoms with Crippen LogP contribution in [0.2, 0.25) is 0 Å². The average molecular weight is 516 g/mol. The molecule has 2 aromatic carbocycles. The summed E-state index contributed by atoms with van der Waals surface area (Å²) in [4.78, 5) is 27.8. The first-order chi connectivity index (χ1) is 17.0. The van der Waals surface area contributed by atoms with Crippen molar-refractivity contribution in [3.05, 3.63) is 65.2 Å². The quantitative estimate of drug-likeness (QED) is 0.433. The zero-order chi connectivity index (χ0) is 26.9. The predicted octanol–water partition coefficient (Wildman–Crippen LogP) is 4.22. The zero-order valence-electron chi connectivity index (χ0n) is 22.5. The van der Waals surface area contributed by atoms with Crippen LogP contribution in [0.3, 0.4) is 0 Å². The Kier molecular flexibility index (Phi) is 11.0. The number of amides is 2. The summed E-state index contributed by atoms with van der Waals surface area (Å²) in [6.07, 6.45) is 3.11. The summed E-state index contributed by atoms with van der Waals surface area (Å²) in [5.74, 6) is -0.342. The minimum atomic E-state index is -3.52. The number of carbonyl (C=O) groups excluding carboxylic acids is 2. The molecule has 0 radical (unpaired) electrons. The molecule has 36 heavy (non-hydrogen) atoms. The molecular formula is C28H41N3O4S. The third-order valence-electron chi connectivity index (χ3n) is 6.65. The van der Waals surface area contributed by atoms with E-state index in [4.69, 9.17) is 0 Å². The van der Waals surface area contributed by atoms with E-state index in [-0.39, 0.29) is 30.8 Å². The summed E-state index contributed by atoms with van der Waals surface area (Å²) < 4.78 is 26.5. The highest BCUT2D eigenvalue weighted by Crippen LogP contribution is 2.25. The summed E-state index contributed by atoms with van der Waals surface area (Å²) in [5.41, 5.74) is 3.62. The van der Waals surface area contributed by atoms with Gasteiger partial charge in [0.25, 0.3) is 0 Å². The van der Waals surface area contributed by atoms with Crippen LogP contribution in [-0.4, -0.2) is 56.6 Å². The van der Waals surface area contributed by atoms with Crippen LogP contribution in [0.15, 0.2) is 48.5 Å². The van der Waals surface area contributed by atoms with Gasteiger partial charge in [-0.1, -0.05) is 49.4 Å². The second-order valence-corrected chi connectivity index (χ2v) is 11.4. The van der Waals surface area contributed by atoms with Crippen molar-refractivity contribution < 1.29 is 18.0 Å². The van der Waals surface area contributed by atoms with Gasteiger partial charge < -0.3 is 10.2 Å². The summed E-state index contributed by atoms with van der Waals surface area (Å²) in [6, 6.07) is 14.8. The lowest BCUT2D eigenvalue weighted by atomic mass is 10.1. The van der Waals surface area contributed by atoms with Crippen molar-refractivity contribution in [1.29, 1.82) is 0 Å². The van der Waals surface area contributed by atoms with Crippen molar-refractivity contribution >= 4 is 27.5 Å². The lowest BCUT2D eigenvalue weighted by Gasteiger charge is -2.30. The number of aryl methyl sites for hydroxylation is 1. The van der Waals surface area contributed by atoms with Gasteiger partial charge >= 0.3 is 0 Å². The molecule has 0 aromatic heterocycles. The Morgan fingerprint density at radius 2 is 1.64 bits per heavy atom. The van der Waals surface area contributed by atoms with Crippen LogP contribution in [0, 0.1) is 13.8 Å². The highest BCUT2D eigenvalue weighted by molar-refractivity contribution is 7.92. The fourth-order valence-electron chi connectivity index (χ4n) is 4.02. The Morgan fingerprint density at radius 1 is 0.972 bits per heavy atom. The number of benzene rings is 2. The monoisotopic (exact) mass is 515 g/mol. The first-order valence-corrected chi connectivity index (χ1v) is 14.5. The van der Waals surface area contributed by atoms with E-state index < -0.39 is 16.1 Å². The van der Waals surface area contributed by atoms with Crippen LogP contribution in [-0.2, 0) is 26.0 Å². The normalized spacial score (nSPS) is 13.1. The third kappa shape index (κ3) is 8.36. The van der Waals surface area contributed by atoms with Crippen LogP contribution < -0.4 is 9.62 Å². The minimum Gasteiger partial charge on any atom is -0.352 e. The molecule has 7 nitrogen and oxygen atoms in total. The van der Waals surface area contributed by atoms with E-state index in [0.717, 1.165) is 23.1 Å². The topological polar surface area (TPSA) is 86.8 Å². The van der Waals surface area contributed by atoms with Gasteiger partial charge in [-0.25, -0.2) is 8.42 Å². The van der Waals surface area contributed by atoms with Gasteiger partial charge in [0.05, 0.1) is 11.9 Å². The van der Waals surface area contributed by atoms with E-state index in [1.165, 1.54) is 10.6 Å². The molecule has 0 fully saturated rings. The number of sulfonamides is 1. The number of nitrogens with zero attached hydrogens (tertiary/aromatic N) is 2. The molecule has 0 unspecified atom stereocenters. The van der Waals surface area contributed by atoms with Crippen molar-refractivity contribution in [2.75, 3.05) is 23.7 Å². The van der Waals surface area contributed by atoms with Crippen molar-refractivity contribution in [2.24, 2.45) is 0 Å². The Balaban J connectivity index is 2.15. The van der Waals surface area contributed by atoms with Crippen LogP contribution in [0.5, 0.6) is 0 Å². The third-order valence-corrected chi connectivity index (χ3v) is 7.83. The fraction of sp³-hybridized carbons (Fsp3) is 0.500. The molecule has 0 heterocycles. The number of rotatable bonds is 13. The molecule has 2 rings (SSSR count). The molecule has 0 bridgehead atoms. The van der Waals surface area contributed by atoms with Crippen molar-refractivity contribution in [1.82, 2.24) is 10.2 Å². The molecule has 2 aromatic rings. The number of anilines is 1. The van der Waals surface area contributed by atoms with Gasteiger partial charge in [-0.15, -0.1) is 0 Å². The second kappa shape index (κ2) is 13.4. The number of carbonyl (C=O) groups is 2. The van der Waals surface area contributed by atoms with E-state index in [1.807, 2.05) is 70.2 Å². The van der Waals surface area contributed by atoms with Gasteiger partial charge in [0.1, 0.15) is 6.04 Å².